The van der Waals surface area contributed by atoms with Gasteiger partial charge in [-0.1, -0.05) is 0 Å². The smallest absolute Gasteiger partial charge is 0.122 e. The number of hydrogen-bond donors (Lipinski definition) is 1. The molecule has 1 aromatic rings. The first-order chi connectivity index (χ1) is 7.71. The van der Waals surface area contributed by atoms with E-state index in [0.717, 1.165) is 17.1 Å². The Balaban J connectivity index is 2.96. The SMILES string of the molecule is CC#CCC(N)c1cc(OC)cc(OC)c1. The van der Waals surface area contributed by atoms with E-state index in [4.69, 9.17) is 15.2 Å². The van der Waals surface area contributed by atoms with Crippen LogP contribution in [0.4, 0.5) is 0 Å². The molecule has 86 valence electrons. The molecule has 0 heterocycles. The molecule has 0 radical (unpaired) electrons. The fourth-order valence-electron chi connectivity index (χ4n) is 1.37. The van der Waals surface area contributed by atoms with Crippen LogP contribution < -0.4 is 15.2 Å². The summed E-state index contributed by atoms with van der Waals surface area (Å²) in [5.74, 6) is 7.29. The second-order valence-corrected chi connectivity index (χ2v) is 3.38. The first kappa shape index (κ1) is 12.4. The maximum Gasteiger partial charge on any atom is 0.122 e. The molecule has 0 saturated heterocycles. The minimum atomic E-state index is -0.114. The summed E-state index contributed by atoms with van der Waals surface area (Å²) < 4.78 is 10.4. The van der Waals surface area contributed by atoms with Gasteiger partial charge >= 0.3 is 0 Å². The van der Waals surface area contributed by atoms with Gasteiger partial charge in [0.15, 0.2) is 0 Å². The van der Waals surface area contributed by atoms with Crippen LogP contribution in [0, 0.1) is 11.8 Å². The predicted octanol–water partition coefficient (Wildman–Crippen LogP) is 2.12. The van der Waals surface area contributed by atoms with Crippen LogP contribution in [-0.4, -0.2) is 14.2 Å². The lowest BCUT2D eigenvalue weighted by Gasteiger charge is -2.12. The van der Waals surface area contributed by atoms with Gasteiger partial charge in [0.1, 0.15) is 11.5 Å². The third kappa shape index (κ3) is 3.18. The lowest BCUT2D eigenvalue weighted by atomic mass is 10.0. The maximum atomic E-state index is 6.01. The van der Waals surface area contributed by atoms with Gasteiger partial charge in [0.05, 0.1) is 14.2 Å². The molecule has 3 heteroatoms. The van der Waals surface area contributed by atoms with Crippen LogP contribution in [0.1, 0.15) is 24.9 Å². The summed E-state index contributed by atoms with van der Waals surface area (Å²) in [5, 5.41) is 0. The van der Waals surface area contributed by atoms with E-state index in [1.54, 1.807) is 21.1 Å². The monoisotopic (exact) mass is 219 g/mol. The number of hydrogen-bond acceptors (Lipinski definition) is 3. The second kappa shape index (κ2) is 6.04. The van der Waals surface area contributed by atoms with E-state index in [1.165, 1.54) is 0 Å². The van der Waals surface area contributed by atoms with Crippen molar-refractivity contribution in [1.29, 1.82) is 0 Å². The van der Waals surface area contributed by atoms with E-state index in [-0.39, 0.29) is 6.04 Å². The zero-order valence-electron chi connectivity index (χ0n) is 9.91. The van der Waals surface area contributed by atoms with Crippen molar-refractivity contribution in [2.24, 2.45) is 5.73 Å². The number of methoxy groups -OCH3 is 2. The van der Waals surface area contributed by atoms with Crippen LogP contribution in [0.3, 0.4) is 0 Å². The van der Waals surface area contributed by atoms with Crippen LogP contribution in [0.15, 0.2) is 18.2 Å². The summed E-state index contributed by atoms with van der Waals surface area (Å²) in [4.78, 5) is 0. The summed E-state index contributed by atoms with van der Waals surface area (Å²) in [7, 11) is 3.24. The molecular formula is C13H17NO2. The van der Waals surface area contributed by atoms with Gasteiger partial charge in [-0.15, -0.1) is 11.8 Å². The van der Waals surface area contributed by atoms with Gasteiger partial charge in [0.25, 0.3) is 0 Å². The van der Waals surface area contributed by atoms with Crippen molar-refractivity contribution in [1.82, 2.24) is 0 Å². The van der Waals surface area contributed by atoms with E-state index in [2.05, 4.69) is 11.8 Å². The highest BCUT2D eigenvalue weighted by molar-refractivity contribution is 5.40. The van der Waals surface area contributed by atoms with Crippen LogP contribution >= 0.6 is 0 Å². The van der Waals surface area contributed by atoms with Gasteiger partial charge in [-0.05, 0) is 24.6 Å². The Bertz CT molecular complexity index is 382. The molecule has 0 aliphatic heterocycles. The molecular weight excluding hydrogens is 202 g/mol. The average molecular weight is 219 g/mol. The van der Waals surface area contributed by atoms with Crippen molar-refractivity contribution in [3.05, 3.63) is 23.8 Å². The standard InChI is InChI=1S/C13H17NO2/c1-4-5-6-13(14)10-7-11(15-2)9-12(8-10)16-3/h7-9,13H,6,14H2,1-3H3. The molecule has 1 unspecified atom stereocenters. The summed E-state index contributed by atoms with van der Waals surface area (Å²) in [6.45, 7) is 1.80. The predicted molar refractivity (Wildman–Crippen MR) is 64.5 cm³/mol. The van der Waals surface area contributed by atoms with Crippen LogP contribution in [0.25, 0.3) is 0 Å². The highest BCUT2D eigenvalue weighted by Crippen LogP contribution is 2.26. The molecule has 1 atom stereocenters. The summed E-state index contributed by atoms with van der Waals surface area (Å²) >= 11 is 0. The number of rotatable bonds is 4. The maximum absolute atomic E-state index is 6.01. The van der Waals surface area contributed by atoms with Crippen LogP contribution in [-0.2, 0) is 0 Å². The number of benzene rings is 1. The Labute approximate surface area is 96.6 Å². The molecule has 0 aliphatic carbocycles. The van der Waals surface area contributed by atoms with Crippen molar-refractivity contribution in [3.8, 4) is 23.3 Å². The van der Waals surface area contributed by atoms with Gasteiger partial charge in [-0.3, -0.25) is 0 Å². The zero-order valence-corrected chi connectivity index (χ0v) is 9.91. The first-order valence-electron chi connectivity index (χ1n) is 5.09. The molecule has 0 amide bonds. The van der Waals surface area contributed by atoms with Crippen molar-refractivity contribution >= 4 is 0 Å². The van der Waals surface area contributed by atoms with Crippen LogP contribution in [0.5, 0.6) is 11.5 Å². The molecule has 16 heavy (non-hydrogen) atoms. The minimum absolute atomic E-state index is 0.114. The highest BCUT2D eigenvalue weighted by Gasteiger charge is 2.08. The van der Waals surface area contributed by atoms with E-state index in [9.17, 15) is 0 Å². The molecule has 2 N–H and O–H groups in total. The van der Waals surface area contributed by atoms with E-state index >= 15 is 0 Å². The summed E-state index contributed by atoms with van der Waals surface area (Å²) in [5.41, 5.74) is 6.99. The Hall–Kier alpha value is -1.66. The average Bonchev–Trinajstić information content (AvgIpc) is 2.35. The quantitative estimate of drug-likeness (QED) is 0.789. The van der Waals surface area contributed by atoms with Gasteiger partial charge < -0.3 is 15.2 Å². The summed E-state index contributed by atoms with van der Waals surface area (Å²) in [6.07, 6.45) is 0.632. The Morgan fingerprint density at radius 3 is 2.19 bits per heavy atom. The highest BCUT2D eigenvalue weighted by atomic mass is 16.5. The molecule has 0 bridgehead atoms. The molecule has 1 rings (SSSR count). The third-order valence-corrected chi connectivity index (χ3v) is 2.30. The fourth-order valence-corrected chi connectivity index (χ4v) is 1.37. The molecule has 0 fully saturated rings. The van der Waals surface area contributed by atoms with Crippen LogP contribution in [0.2, 0.25) is 0 Å². The van der Waals surface area contributed by atoms with Gasteiger partial charge in [-0.25, -0.2) is 0 Å². The number of nitrogens with two attached hydrogens (primary N) is 1. The lowest BCUT2D eigenvalue weighted by molar-refractivity contribution is 0.392. The Kier molecular flexibility index (Phi) is 4.68. The normalized spacial score (nSPS) is 11.2. The fraction of sp³-hybridized carbons (Fsp3) is 0.385. The third-order valence-electron chi connectivity index (χ3n) is 2.30. The van der Waals surface area contributed by atoms with Crippen molar-refractivity contribution in [3.63, 3.8) is 0 Å². The van der Waals surface area contributed by atoms with Crippen molar-refractivity contribution < 1.29 is 9.47 Å². The second-order valence-electron chi connectivity index (χ2n) is 3.38. The van der Waals surface area contributed by atoms with Crippen molar-refractivity contribution in [2.45, 2.75) is 19.4 Å². The molecule has 0 aromatic heterocycles. The lowest BCUT2D eigenvalue weighted by Crippen LogP contribution is -2.09. The minimum Gasteiger partial charge on any atom is -0.497 e. The largest absolute Gasteiger partial charge is 0.497 e. The zero-order chi connectivity index (χ0) is 12.0. The molecule has 1 aromatic carbocycles. The van der Waals surface area contributed by atoms with E-state index in [0.29, 0.717) is 6.42 Å². The Morgan fingerprint density at radius 1 is 1.19 bits per heavy atom. The molecule has 3 nitrogen and oxygen atoms in total. The van der Waals surface area contributed by atoms with E-state index in [1.807, 2.05) is 18.2 Å². The molecule has 0 aliphatic rings. The first-order valence-corrected chi connectivity index (χ1v) is 5.09. The topological polar surface area (TPSA) is 44.5 Å². The van der Waals surface area contributed by atoms with Gasteiger partial charge in [-0.2, -0.15) is 0 Å². The van der Waals surface area contributed by atoms with Crippen molar-refractivity contribution in [2.75, 3.05) is 14.2 Å². The Morgan fingerprint density at radius 2 is 1.75 bits per heavy atom. The van der Waals surface area contributed by atoms with Gasteiger partial charge in [0, 0.05) is 18.5 Å². The number of ether oxygens (including phenoxy) is 2. The van der Waals surface area contributed by atoms with Gasteiger partial charge in [0.2, 0.25) is 0 Å². The summed E-state index contributed by atoms with van der Waals surface area (Å²) in [6, 6.07) is 5.52. The molecule has 0 saturated carbocycles. The van der Waals surface area contributed by atoms with E-state index < -0.39 is 0 Å². The molecule has 0 spiro atoms.